The van der Waals surface area contributed by atoms with Crippen molar-refractivity contribution in [2.75, 3.05) is 50.7 Å². The number of H-pyrrole nitrogens is 1. The van der Waals surface area contributed by atoms with Gasteiger partial charge in [0.2, 0.25) is 0 Å². The van der Waals surface area contributed by atoms with Gasteiger partial charge < -0.3 is 20.1 Å². The van der Waals surface area contributed by atoms with E-state index < -0.39 is 0 Å². The lowest BCUT2D eigenvalue weighted by molar-refractivity contribution is 0.192. The van der Waals surface area contributed by atoms with E-state index in [0.717, 1.165) is 45.6 Å². The third-order valence-electron chi connectivity index (χ3n) is 6.26. The van der Waals surface area contributed by atoms with Crippen LogP contribution < -0.4 is 15.8 Å². The summed E-state index contributed by atoms with van der Waals surface area (Å²) in [6, 6.07) is 15.4. The Hall–Kier alpha value is -3.10. The summed E-state index contributed by atoms with van der Waals surface area (Å²) in [6.07, 6.45) is 1.70. The molecule has 3 aromatic rings. The SMILES string of the molecule is CCCN(Cc1nc2cc(Cl)ccc2c(=O)[nH]1)C(=O)NCCCN1CCN(c2ccccc2)CC1. The summed E-state index contributed by atoms with van der Waals surface area (Å²) < 4.78 is 0. The standard InChI is InChI=1S/C26H33ClN6O2/c1-2-12-33(19-24-29-23-18-20(27)9-10-22(23)25(34)30-24)26(35)28-11-6-13-31-14-16-32(17-15-31)21-7-4-3-5-8-21/h3-5,7-10,18H,2,6,11-17,19H2,1H3,(H,28,35)(H,29,30,34). The summed E-state index contributed by atoms with van der Waals surface area (Å²) in [5, 5.41) is 4.03. The highest BCUT2D eigenvalue weighted by Crippen LogP contribution is 2.16. The maximum absolute atomic E-state index is 12.8. The van der Waals surface area contributed by atoms with Crippen molar-refractivity contribution in [3.63, 3.8) is 0 Å². The van der Waals surface area contributed by atoms with Gasteiger partial charge in [-0.05, 0) is 49.7 Å². The molecule has 0 aliphatic carbocycles. The molecular weight excluding hydrogens is 464 g/mol. The molecule has 9 heteroatoms. The number of anilines is 1. The number of benzene rings is 2. The van der Waals surface area contributed by atoms with Crippen LogP contribution in [0.4, 0.5) is 10.5 Å². The fourth-order valence-corrected chi connectivity index (χ4v) is 4.58. The van der Waals surface area contributed by atoms with Crippen LogP contribution in [0, 0.1) is 0 Å². The van der Waals surface area contributed by atoms with Crippen molar-refractivity contribution in [2.45, 2.75) is 26.3 Å². The summed E-state index contributed by atoms with van der Waals surface area (Å²) in [4.78, 5) is 39.1. The number of rotatable bonds is 9. The summed E-state index contributed by atoms with van der Waals surface area (Å²) in [5.74, 6) is 0.449. The quantitative estimate of drug-likeness (QED) is 0.441. The largest absolute Gasteiger partial charge is 0.369 e. The minimum Gasteiger partial charge on any atom is -0.369 e. The second kappa shape index (κ2) is 12.0. The monoisotopic (exact) mass is 496 g/mol. The second-order valence-corrected chi connectivity index (χ2v) is 9.28. The van der Waals surface area contributed by atoms with Crippen LogP contribution in [-0.4, -0.2) is 71.6 Å². The lowest BCUT2D eigenvalue weighted by Gasteiger charge is -2.36. The number of aromatic amines is 1. The number of hydrogen-bond acceptors (Lipinski definition) is 5. The maximum Gasteiger partial charge on any atom is 0.317 e. The van der Waals surface area contributed by atoms with Gasteiger partial charge >= 0.3 is 6.03 Å². The zero-order valence-electron chi connectivity index (χ0n) is 20.2. The molecule has 0 atom stereocenters. The highest BCUT2D eigenvalue weighted by Gasteiger charge is 2.18. The Morgan fingerprint density at radius 1 is 1.14 bits per heavy atom. The van der Waals surface area contributed by atoms with Gasteiger partial charge in [0, 0.05) is 50.0 Å². The van der Waals surface area contributed by atoms with Crippen LogP contribution >= 0.6 is 11.6 Å². The van der Waals surface area contributed by atoms with E-state index in [4.69, 9.17) is 11.6 Å². The van der Waals surface area contributed by atoms with E-state index in [2.05, 4.69) is 49.4 Å². The molecule has 0 saturated carbocycles. The third-order valence-corrected chi connectivity index (χ3v) is 6.50. The lowest BCUT2D eigenvalue weighted by Crippen LogP contribution is -2.47. The zero-order valence-corrected chi connectivity index (χ0v) is 20.9. The van der Waals surface area contributed by atoms with Gasteiger partial charge in [-0.3, -0.25) is 9.69 Å². The normalized spacial score (nSPS) is 14.3. The van der Waals surface area contributed by atoms with E-state index in [1.54, 1.807) is 23.1 Å². The summed E-state index contributed by atoms with van der Waals surface area (Å²) >= 11 is 6.06. The molecule has 1 fully saturated rings. The molecule has 35 heavy (non-hydrogen) atoms. The molecule has 1 aromatic heterocycles. The Morgan fingerprint density at radius 2 is 1.91 bits per heavy atom. The van der Waals surface area contributed by atoms with Gasteiger partial charge in [0.25, 0.3) is 5.56 Å². The number of carbonyl (C=O) groups excluding carboxylic acids is 1. The fraction of sp³-hybridized carbons (Fsp3) is 0.423. The first kappa shape index (κ1) is 25.0. The van der Waals surface area contributed by atoms with Crippen LogP contribution in [0.5, 0.6) is 0 Å². The van der Waals surface area contributed by atoms with Crippen LogP contribution in [0.15, 0.2) is 53.3 Å². The molecule has 1 aliphatic rings. The van der Waals surface area contributed by atoms with Gasteiger partial charge in [-0.2, -0.15) is 0 Å². The van der Waals surface area contributed by atoms with Crippen molar-refractivity contribution in [2.24, 2.45) is 0 Å². The van der Waals surface area contributed by atoms with Gasteiger partial charge in [-0.1, -0.05) is 36.7 Å². The van der Waals surface area contributed by atoms with Crippen molar-refractivity contribution in [3.05, 3.63) is 69.7 Å². The number of halogens is 1. The molecule has 2 heterocycles. The first-order valence-corrected chi connectivity index (χ1v) is 12.6. The van der Waals surface area contributed by atoms with Crippen LogP contribution in [0.3, 0.4) is 0 Å². The van der Waals surface area contributed by atoms with Gasteiger partial charge in [0.15, 0.2) is 0 Å². The van der Waals surface area contributed by atoms with Crippen LogP contribution in [-0.2, 0) is 6.54 Å². The van der Waals surface area contributed by atoms with Gasteiger partial charge in [-0.25, -0.2) is 9.78 Å². The third kappa shape index (κ3) is 6.74. The Bertz CT molecular complexity index is 1180. The van der Waals surface area contributed by atoms with Gasteiger partial charge in [0.1, 0.15) is 5.82 Å². The molecule has 1 saturated heterocycles. The Labute approximate surface area is 210 Å². The average molecular weight is 497 g/mol. The number of piperazine rings is 1. The fourth-order valence-electron chi connectivity index (χ4n) is 4.42. The molecule has 0 bridgehead atoms. The summed E-state index contributed by atoms with van der Waals surface area (Å²) in [5.41, 5.74) is 1.58. The van der Waals surface area contributed by atoms with E-state index >= 15 is 0 Å². The van der Waals surface area contributed by atoms with Crippen LogP contribution in [0.2, 0.25) is 5.02 Å². The number of nitrogens with one attached hydrogen (secondary N) is 2. The molecule has 186 valence electrons. The molecule has 8 nitrogen and oxygen atoms in total. The molecule has 2 N–H and O–H groups in total. The number of hydrogen-bond donors (Lipinski definition) is 2. The molecular formula is C26H33ClN6O2. The predicted octanol–water partition coefficient (Wildman–Crippen LogP) is 3.71. The second-order valence-electron chi connectivity index (χ2n) is 8.85. The first-order valence-electron chi connectivity index (χ1n) is 12.3. The van der Waals surface area contributed by atoms with Gasteiger partial charge in [-0.15, -0.1) is 0 Å². The van der Waals surface area contributed by atoms with E-state index in [0.29, 0.717) is 34.8 Å². The summed E-state index contributed by atoms with van der Waals surface area (Å²) in [6.45, 7) is 8.47. The predicted molar refractivity (Wildman–Crippen MR) is 141 cm³/mol. The highest BCUT2D eigenvalue weighted by molar-refractivity contribution is 6.31. The van der Waals surface area contributed by atoms with Crippen LogP contribution in [0.25, 0.3) is 10.9 Å². The van der Waals surface area contributed by atoms with E-state index in [1.807, 2.05) is 13.0 Å². The number of aromatic nitrogens is 2. The molecule has 4 rings (SSSR count). The number of para-hydroxylation sites is 1. The Morgan fingerprint density at radius 3 is 2.66 bits per heavy atom. The van der Waals surface area contributed by atoms with Crippen LogP contribution in [0.1, 0.15) is 25.6 Å². The minimum atomic E-state index is -0.231. The van der Waals surface area contributed by atoms with Crippen molar-refractivity contribution in [1.29, 1.82) is 0 Å². The Balaban J connectivity index is 1.24. The topological polar surface area (TPSA) is 84.6 Å². The number of nitrogens with zero attached hydrogens (tertiary/aromatic N) is 4. The van der Waals surface area contributed by atoms with Crippen molar-refractivity contribution in [3.8, 4) is 0 Å². The number of fused-ring (bicyclic) bond motifs is 1. The molecule has 0 unspecified atom stereocenters. The Kier molecular flexibility index (Phi) is 8.60. The maximum atomic E-state index is 12.8. The molecule has 0 radical (unpaired) electrons. The van der Waals surface area contributed by atoms with E-state index in [-0.39, 0.29) is 18.1 Å². The first-order chi connectivity index (χ1) is 17.0. The minimum absolute atomic E-state index is 0.144. The molecule has 2 amide bonds. The number of carbonyl (C=O) groups is 1. The summed E-state index contributed by atoms with van der Waals surface area (Å²) in [7, 11) is 0. The molecule has 1 aliphatic heterocycles. The van der Waals surface area contributed by atoms with E-state index in [1.165, 1.54) is 5.69 Å². The van der Waals surface area contributed by atoms with Gasteiger partial charge in [0.05, 0.1) is 17.4 Å². The lowest BCUT2D eigenvalue weighted by atomic mass is 10.2. The zero-order chi connectivity index (χ0) is 24.6. The molecule has 0 spiro atoms. The van der Waals surface area contributed by atoms with Crippen molar-refractivity contribution >= 4 is 34.2 Å². The van der Waals surface area contributed by atoms with Crippen molar-refractivity contribution in [1.82, 2.24) is 25.1 Å². The highest BCUT2D eigenvalue weighted by atomic mass is 35.5. The van der Waals surface area contributed by atoms with Crippen molar-refractivity contribution < 1.29 is 4.79 Å². The average Bonchev–Trinajstić information content (AvgIpc) is 2.87. The molecule has 2 aromatic carbocycles. The number of urea groups is 1. The van der Waals surface area contributed by atoms with E-state index in [9.17, 15) is 9.59 Å². The number of amides is 2. The smallest absolute Gasteiger partial charge is 0.317 e.